The summed E-state index contributed by atoms with van der Waals surface area (Å²) in [5.41, 5.74) is 3.52. The Morgan fingerprint density at radius 1 is 1.09 bits per heavy atom. The van der Waals surface area contributed by atoms with Crippen molar-refractivity contribution in [1.29, 1.82) is 0 Å². The summed E-state index contributed by atoms with van der Waals surface area (Å²) in [5.74, 6) is -0.0772. The van der Waals surface area contributed by atoms with Gasteiger partial charge in [0.15, 0.2) is 5.78 Å². The lowest BCUT2D eigenvalue weighted by molar-refractivity contribution is 0.0741. The lowest BCUT2D eigenvalue weighted by atomic mass is 10.1. The molecule has 0 aliphatic carbocycles. The molecule has 0 unspecified atom stereocenters. The van der Waals surface area contributed by atoms with Crippen molar-refractivity contribution in [3.05, 3.63) is 53.3 Å². The molecule has 1 aromatic carbocycles. The second kappa shape index (κ2) is 6.28. The van der Waals surface area contributed by atoms with Gasteiger partial charge in [0, 0.05) is 43.6 Å². The molecule has 1 aliphatic heterocycles. The number of carbonyl (C=O) groups excluding carboxylic acids is 2. The summed E-state index contributed by atoms with van der Waals surface area (Å²) >= 11 is 0. The van der Waals surface area contributed by atoms with E-state index in [1.54, 1.807) is 12.3 Å². The zero-order valence-electron chi connectivity index (χ0n) is 13.5. The SMILES string of the molecule is CC(=O)c1c[nH]c(C(=O)N2CCN(c3ccccc3C)CC2)c1. The molecule has 1 saturated heterocycles. The van der Waals surface area contributed by atoms with Gasteiger partial charge < -0.3 is 14.8 Å². The molecule has 5 nitrogen and oxygen atoms in total. The maximum absolute atomic E-state index is 12.5. The van der Waals surface area contributed by atoms with E-state index in [-0.39, 0.29) is 11.7 Å². The van der Waals surface area contributed by atoms with E-state index in [0.29, 0.717) is 24.3 Å². The van der Waals surface area contributed by atoms with Gasteiger partial charge in [0.05, 0.1) is 0 Å². The summed E-state index contributed by atoms with van der Waals surface area (Å²) in [4.78, 5) is 30.9. The number of anilines is 1. The molecule has 120 valence electrons. The van der Waals surface area contributed by atoms with Crippen LogP contribution in [0.25, 0.3) is 0 Å². The number of nitrogens with one attached hydrogen (secondary N) is 1. The average molecular weight is 311 g/mol. The predicted octanol–water partition coefficient (Wildman–Crippen LogP) is 2.49. The lowest BCUT2D eigenvalue weighted by Crippen LogP contribution is -2.49. The molecule has 1 aromatic heterocycles. The van der Waals surface area contributed by atoms with Crippen molar-refractivity contribution in [3.8, 4) is 0 Å². The Bertz CT molecular complexity index is 727. The van der Waals surface area contributed by atoms with E-state index >= 15 is 0 Å². The molecule has 5 heteroatoms. The van der Waals surface area contributed by atoms with Crippen molar-refractivity contribution >= 4 is 17.4 Å². The average Bonchev–Trinajstić information content (AvgIpc) is 3.05. The minimum Gasteiger partial charge on any atom is -0.368 e. The largest absolute Gasteiger partial charge is 0.368 e. The highest BCUT2D eigenvalue weighted by Crippen LogP contribution is 2.21. The first-order chi connectivity index (χ1) is 11.1. The standard InChI is InChI=1S/C18H21N3O2/c1-13-5-3-4-6-17(13)20-7-9-21(10-8-20)18(23)16-11-15(12-19-16)14(2)22/h3-6,11-12,19H,7-10H2,1-2H3. The summed E-state index contributed by atoms with van der Waals surface area (Å²) < 4.78 is 0. The number of para-hydroxylation sites is 1. The van der Waals surface area contributed by atoms with Gasteiger partial charge in [0.2, 0.25) is 0 Å². The number of aryl methyl sites for hydroxylation is 1. The van der Waals surface area contributed by atoms with Crippen molar-refractivity contribution < 1.29 is 9.59 Å². The van der Waals surface area contributed by atoms with Gasteiger partial charge in [-0.1, -0.05) is 18.2 Å². The van der Waals surface area contributed by atoms with E-state index in [4.69, 9.17) is 0 Å². The van der Waals surface area contributed by atoms with Gasteiger partial charge in [-0.3, -0.25) is 9.59 Å². The molecule has 0 saturated carbocycles. The molecule has 0 atom stereocenters. The number of amides is 1. The minimum atomic E-state index is -0.0399. The molecule has 1 fully saturated rings. The van der Waals surface area contributed by atoms with E-state index in [0.717, 1.165) is 13.1 Å². The highest BCUT2D eigenvalue weighted by molar-refractivity contribution is 5.99. The molecule has 3 rings (SSSR count). The molecule has 2 aromatic rings. The van der Waals surface area contributed by atoms with Crippen LogP contribution >= 0.6 is 0 Å². The first kappa shape index (κ1) is 15.3. The summed E-state index contributed by atoms with van der Waals surface area (Å²) in [7, 11) is 0. The third-order valence-corrected chi connectivity index (χ3v) is 4.34. The highest BCUT2D eigenvalue weighted by Gasteiger charge is 2.24. The molecule has 1 N–H and O–H groups in total. The number of piperazine rings is 1. The number of ketones is 1. The van der Waals surface area contributed by atoms with E-state index in [2.05, 4.69) is 28.9 Å². The van der Waals surface area contributed by atoms with E-state index in [1.807, 2.05) is 17.0 Å². The van der Waals surface area contributed by atoms with Crippen LogP contribution in [-0.2, 0) is 0 Å². The molecule has 23 heavy (non-hydrogen) atoms. The molecule has 2 heterocycles. The van der Waals surface area contributed by atoms with Crippen molar-refractivity contribution in [3.63, 3.8) is 0 Å². The van der Waals surface area contributed by atoms with E-state index < -0.39 is 0 Å². The highest BCUT2D eigenvalue weighted by atomic mass is 16.2. The summed E-state index contributed by atoms with van der Waals surface area (Å²) in [6.45, 7) is 6.60. The van der Waals surface area contributed by atoms with Gasteiger partial charge in [-0.15, -0.1) is 0 Å². The predicted molar refractivity (Wildman–Crippen MR) is 90.1 cm³/mol. The zero-order valence-corrected chi connectivity index (χ0v) is 13.5. The van der Waals surface area contributed by atoms with Crippen molar-refractivity contribution in [2.45, 2.75) is 13.8 Å². The normalized spacial score (nSPS) is 14.9. The number of rotatable bonds is 3. The molecule has 1 amide bonds. The van der Waals surface area contributed by atoms with Gasteiger partial charge >= 0.3 is 0 Å². The zero-order chi connectivity index (χ0) is 16.4. The lowest BCUT2D eigenvalue weighted by Gasteiger charge is -2.36. The van der Waals surface area contributed by atoms with Crippen LogP contribution in [0, 0.1) is 6.92 Å². The smallest absolute Gasteiger partial charge is 0.270 e. The number of aromatic nitrogens is 1. The van der Waals surface area contributed by atoms with Crippen LogP contribution in [0.5, 0.6) is 0 Å². The quantitative estimate of drug-likeness (QED) is 0.886. The monoisotopic (exact) mass is 311 g/mol. The first-order valence-corrected chi connectivity index (χ1v) is 7.85. The Morgan fingerprint density at radius 2 is 1.78 bits per heavy atom. The third-order valence-electron chi connectivity index (χ3n) is 4.34. The van der Waals surface area contributed by atoms with Gasteiger partial charge in [0.1, 0.15) is 5.69 Å². The van der Waals surface area contributed by atoms with Crippen molar-refractivity contribution in [2.75, 3.05) is 31.1 Å². The van der Waals surface area contributed by atoms with Crippen molar-refractivity contribution in [2.24, 2.45) is 0 Å². The Hall–Kier alpha value is -2.56. The maximum Gasteiger partial charge on any atom is 0.270 e. The van der Waals surface area contributed by atoms with Crippen LogP contribution in [0.4, 0.5) is 5.69 Å². The summed E-state index contributed by atoms with van der Waals surface area (Å²) in [6, 6.07) is 9.95. The Kier molecular flexibility index (Phi) is 4.19. The number of aromatic amines is 1. The molecule has 1 aliphatic rings. The second-order valence-corrected chi connectivity index (χ2v) is 5.92. The van der Waals surface area contributed by atoms with Gasteiger partial charge in [-0.2, -0.15) is 0 Å². The topological polar surface area (TPSA) is 56.4 Å². The maximum atomic E-state index is 12.5. The minimum absolute atomic E-state index is 0.0373. The van der Waals surface area contributed by atoms with Crippen LogP contribution in [0.1, 0.15) is 33.3 Å². The van der Waals surface area contributed by atoms with E-state index in [1.165, 1.54) is 18.2 Å². The second-order valence-electron chi connectivity index (χ2n) is 5.92. The van der Waals surface area contributed by atoms with Crippen LogP contribution in [0.15, 0.2) is 36.5 Å². The van der Waals surface area contributed by atoms with E-state index in [9.17, 15) is 9.59 Å². The number of benzene rings is 1. The Balaban J connectivity index is 1.65. The van der Waals surface area contributed by atoms with Crippen LogP contribution in [0.2, 0.25) is 0 Å². The molecule has 0 bridgehead atoms. The fourth-order valence-corrected chi connectivity index (χ4v) is 2.96. The van der Waals surface area contributed by atoms with Gasteiger partial charge in [-0.05, 0) is 31.5 Å². The molecular weight excluding hydrogens is 290 g/mol. The number of hydrogen-bond donors (Lipinski definition) is 1. The number of hydrogen-bond acceptors (Lipinski definition) is 3. The fraction of sp³-hybridized carbons (Fsp3) is 0.333. The summed E-state index contributed by atoms with van der Waals surface area (Å²) in [6.07, 6.45) is 1.60. The number of Topliss-reactive ketones (excluding diaryl/α,β-unsaturated/α-hetero) is 1. The van der Waals surface area contributed by atoms with Crippen molar-refractivity contribution in [1.82, 2.24) is 9.88 Å². The number of carbonyl (C=O) groups is 2. The molecule has 0 radical (unpaired) electrons. The Morgan fingerprint density at radius 3 is 2.39 bits per heavy atom. The number of H-pyrrole nitrogens is 1. The molecule has 0 spiro atoms. The van der Waals surface area contributed by atoms with Crippen LogP contribution in [-0.4, -0.2) is 47.8 Å². The van der Waals surface area contributed by atoms with Gasteiger partial charge in [0.25, 0.3) is 5.91 Å². The van der Waals surface area contributed by atoms with Gasteiger partial charge in [-0.25, -0.2) is 0 Å². The van der Waals surface area contributed by atoms with Crippen LogP contribution < -0.4 is 4.90 Å². The Labute approximate surface area is 135 Å². The summed E-state index contributed by atoms with van der Waals surface area (Å²) in [5, 5.41) is 0. The fourth-order valence-electron chi connectivity index (χ4n) is 2.96. The van der Waals surface area contributed by atoms with Crippen LogP contribution in [0.3, 0.4) is 0 Å². The third kappa shape index (κ3) is 3.13. The number of nitrogens with zero attached hydrogens (tertiary/aromatic N) is 2. The molecular formula is C18H21N3O2. The first-order valence-electron chi connectivity index (χ1n) is 7.85.